The normalized spacial score (nSPS) is 31.8. The molecule has 0 bridgehead atoms. The van der Waals surface area contributed by atoms with Gasteiger partial charge in [-0.1, -0.05) is 130 Å². The second kappa shape index (κ2) is 32.4. The van der Waals surface area contributed by atoms with Crippen LogP contribution >= 0.6 is 0 Å². The first kappa shape index (κ1) is 63.9. The number of carbonyl (C=O) groups is 5. The first-order valence-corrected chi connectivity index (χ1v) is 29.9. The number of nitrogens with zero attached hydrogens (tertiary/aromatic N) is 1. The van der Waals surface area contributed by atoms with E-state index in [9.17, 15) is 29.1 Å². The molecule has 4 fully saturated rings. The highest BCUT2D eigenvalue weighted by molar-refractivity contribution is 5.89. The molecule has 442 valence electrons. The molecule has 2 aromatic rings. The molecule has 17 atom stereocenters. The number of hydrogen-bond donors (Lipinski definition) is 1. The molecule has 0 saturated carbocycles. The molecular weight excluding hydrogens is 1010 g/mol. The number of benzene rings is 2. The van der Waals surface area contributed by atoms with Crippen LogP contribution in [0.2, 0.25) is 0 Å². The maximum Gasteiger partial charge on any atom is 0.338 e. The van der Waals surface area contributed by atoms with Gasteiger partial charge in [-0.25, -0.2) is 9.59 Å². The smallest absolute Gasteiger partial charge is 0.338 e. The molecule has 0 radical (unpaired) electrons. The zero-order valence-electron chi connectivity index (χ0n) is 48.8. The van der Waals surface area contributed by atoms with Gasteiger partial charge >= 0.3 is 17.9 Å². The quantitative estimate of drug-likeness (QED) is 0.0441. The number of aliphatic hydroxyl groups is 1. The van der Waals surface area contributed by atoms with Gasteiger partial charge in [0.25, 0.3) is 0 Å². The third-order valence-electron chi connectivity index (χ3n) is 17.7. The average Bonchev–Trinajstić information content (AvgIpc) is 3.87. The maximum atomic E-state index is 13.0. The zero-order valence-corrected chi connectivity index (χ0v) is 48.8. The highest BCUT2D eigenvalue weighted by Gasteiger charge is 2.51. The van der Waals surface area contributed by atoms with E-state index in [1.54, 1.807) is 48.5 Å². The maximum absolute atomic E-state index is 13.0. The van der Waals surface area contributed by atoms with E-state index in [2.05, 4.69) is 48.5 Å². The number of hydrogen-bond acceptors (Lipinski definition) is 15. The number of unbranched alkanes of at least 4 members (excludes halogenated alkanes) is 8. The fraction of sp³-hybridized carbons (Fsp3) is 0.730. The number of carbonyl (C=O) groups excluding carboxylic acids is 5. The molecule has 6 rings (SSSR count). The summed E-state index contributed by atoms with van der Waals surface area (Å²) in [6, 6.07) is 17.9. The van der Waals surface area contributed by atoms with Crippen molar-refractivity contribution < 1.29 is 71.7 Å². The molecule has 16 nitrogen and oxygen atoms in total. The van der Waals surface area contributed by atoms with Crippen LogP contribution in [0.4, 0.5) is 0 Å². The number of ether oxygens (including phenoxy) is 9. The predicted molar refractivity (Wildman–Crippen MR) is 297 cm³/mol. The molecule has 4 saturated heterocycles. The number of esters is 3. The third-order valence-corrected chi connectivity index (χ3v) is 17.7. The van der Waals surface area contributed by atoms with E-state index in [0.29, 0.717) is 55.7 Å². The van der Waals surface area contributed by atoms with Crippen LogP contribution in [-0.4, -0.2) is 134 Å². The van der Waals surface area contributed by atoms with E-state index in [0.717, 1.165) is 70.6 Å². The van der Waals surface area contributed by atoms with E-state index in [-0.39, 0.29) is 67.3 Å². The van der Waals surface area contributed by atoms with Crippen LogP contribution in [0, 0.1) is 41.4 Å². The Bertz CT molecular complexity index is 2160. The Hall–Kier alpha value is -4.29. The highest BCUT2D eigenvalue weighted by Crippen LogP contribution is 2.41. The van der Waals surface area contributed by atoms with Gasteiger partial charge in [0.15, 0.2) is 25.0 Å². The van der Waals surface area contributed by atoms with Crippen molar-refractivity contribution >= 4 is 29.6 Å². The van der Waals surface area contributed by atoms with Gasteiger partial charge in [-0.2, -0.15) is 0 Å². The monoisotopic (exact) mass is 1110 g/mol. The molecule has 16 heteroatoms. The Morgan fingerprint density at radius 1 is 0.544 bits per heavy atom. The average molecular weight is 1110 g/mol. The SMILES string of the molecule is CC[C@@H]1C[C@@H](O)CN1C(=O)CCCCCCC(=O)CCCCCCCCOC1OC(COC2OC(COC(=O)c3ccccc3)C(C)C(C)C2C)C(C)C(OC2OC(COC(=O)c3ccccc3)C(C)C(C)C2C)C1OC(C)=O. The first-order valence-electron chi connectivity index (χ1n) is 29.9. The predicted octanol–water partition coefficient (Wildman–Crippen LogP) is 10.7. The Labute approximate surface area is 470 Å². The van der Waals surface area contributed by atoms with Crippen molar-refractivity contribution in [2.75, 3.05) is 33.0 Å². The van der Waals surface area contributed by atoms with Crippen molar-refractivity contribution in [3.8, 4) is 0 Å². The standard InChI is InChI=1S/C63H95NO15/c1-10-50-35-52(67)36-64(50)56(68)33-25-15-14-24-32-51(66)31-23-13-11-12-16-26-34-71-63-58(75-47(9)65)57(79-62-45(7)41(3)43(5)54(77-62)38-73-60(70)49-29-21-18-22-30-49)46(8)55(78-63)39-74-61-44(6)40(2)42(4)53(76-61)37-72-59(69)48-27-19-17-20-28-48/h17-22,27-30,40-46,50,52-55,57-58,61-63,67H,10-16,23-26,31-39H2,1-9H3/t40?,41?,42?,43?,44?,45?,46?,50-,52-,53?,54?,55?,57?,58?,61?,62?,63?/m1/s1. The van der Waals surface area contributed by atoms with Crippen molar-refractivity contribution in [3.63, 3.8) is 0 Å². The van der Waals surface area contributed by atoms with Gasteiger partial charge in [0, 0.05) is 63.1 Å². The number of aliphatic hydroxyl groups excluding tert-OH is 1. The molecule has 0 aliphatic carbocycles. The minimum atomic E-state index is -1.00. The lowest BCUT2D eigenvalue weighted by Gasteiger charge is -2.49. The molecular formula is C63H95NO15. The number of β-amino-alcohol motifs (C(OH)–C–C–N with tert-alkyl or cyclic N) is 1. The number of amides is 1. The number of rotatable bonds is 30. The van der Waals surface area contributed by atoms with Gasteiger partial charge in [0.05, 0.1) is 42.1 Å². The van der Waals surface area contributed by atoms with Crippen LogP contribution in [0.15, 0.2) is 60.7 Å². The second-order valence-corrected chi connectivity index (χ2v) is 23.3. The molecule has 4 aliphatic heterocycles. The zero-order chi connectivity index (χ0) is 57.0. The molecule has 0 spiro atoms. The van der Waals surface area contributed by atoms with Crippen molar-refractivity contribution in [2.24, 2.45) is 41.4 Å². The number of ketones is 1. The summed E-state index contributed by atoms with van der Waals surface area (Å²) in [4.78, 5) is 66.1. The molecule has 4 heterocycles. The van der Waals surface area contributed by atoms with Crippen LogP contribution < -0.4 is 0 Å². The van der Waals surface area contributed by atoms with E-state index in [1.165, 1.54) is 6.92 Å². The molecule has 2 aromatic carbocycles. The molecule has 1 amide bonds. The Morgan fingerprint density at radius 2 is 1.03 bits per heavy atom. The van der Waals surface area contributed by atoms with Crippen LogP contribution in [0.5, 0.6) is 0 Å². The Kier molecular flexibility index (Phi) is 26.2. The Morgan fingerprint density at radius 3 is 1.57 bits per heavy atom. The van der Waals surface area contributed by atoms with Gasteiger partial charge in [0.1, 0.15) is 25.1 Å². The van der Waals surface area contributed by atoms with E-state index in [1.807, 2.05) is 24.0 Å². The largest absolute Gasteiger partial charge is 0.459 e. The van der Waals surface area contributed by atoms with E-state index >= 15 is 0 Å². The summed E-state index contributed by atoms with van der Waals surface area (Å²) in [7, 11) is 0. The third kappa shape index (κ3) is 18.9. The van der Waals surface area contributed by atoms with Gasteiger partial charge in [-0.3, -0.25) is 14.4 Å². The highest BCUT2D eigenvalue weighted by atomic mass is 16.7. The Balaban J connectivity index is 1.02. The topological polar surface area (TPSA) is 192 Å². The van der Waals surface area contributed by atoms with Crippen LogP contribution in [-0.2, 0) is 57.0 Å². The van der Waals surface area contributed by atoms with Gasteiger partial charge in [-0.05, 0) is 86.5 Å². The molecule has 1 N–H and O–H groups in total. The molecule has 4 aliphatic rings. The van der Waals surface area contributed by atoms with Crippen molar-refractivity contribution in [3.05, 3.63) is 71.8 Å². The lowest BCUT2D eigenvalue weighted by molar-refractivity contribution is -0.345. The molecule has 15 unspecified atom stereocenters. The minimum Gasteiger partial charge on any atom is -0.459 e. The second-order valence-electron chi connectivity index (χ2n) is 23.3. The summed E-state index contributed by atoms with van der Waals surface area (Å²) in [6.45, 7) is 19.1. The lowest BCUT2D eigenvalue weighted by Crippen LogP contribution is -2.60. The molecule has 0 aromatic heterocycles. The first-order chi connectivity index (χ1) is 38.0. The molecule has 79 heavy (non-hydrogen) atoms. The fourth-order valence-corrected chi connectivity index (χ4v) is 11.7. The lowest BCUT2D eigenvalue weighted by atomic mass is 9.79. The summed E-state index contributed by atoms with van der Waals surface area (Å²) in [5.74, 6) is -1.04. The summed E-state index contributed by atoms with van der Waals surface area (Å²) in [5, 5.41) is 9.98. The number of Topliss-reactive ketones (excluding diaryl/α,β-unsaturated/α-hetero) is 1. The summed E-state index contributed by atoms with van der Waals surface area (Å²) in [6.07, 6.45) is 6.16. The van der Waals surface area contributed by atoms with Crippen LogP contribution in [0.1, 0.15) is 179 Å². The van der Waals surface area contributed by atoms with Gasteiger partial charge in [-0.15, -0.1) is 0 Å². The van der Waals surface area contributed by atoms with Crippen molar-refractivity contribution in [2.45, 2.75) is 220 Å². The number of likely N-dealkylation sites (tertiary alicyclic amines) is 1. The van der Waals surface area contributed by atoms with Gasteiger partial charge in [0.2, 0.25) is 5.91 Å². The van der Waals surface area contributed by atoms with Crippen molar-refractivity contribution in [1.82, 2.24) is 4.90 Å². The summed E-state index contributed by atoms with van der Waals surface area (Å²) < 4.78 is 57.8. The summed E-state index contributed by atoms with van der Waals surface area (Å²) >= 11 is 0. The van der Waals surface area contributed by atoms with Crippen LogP contribution in [0.3, 0.4) is 0 Å². The van der Waals surface area contributed by atoms with Gasteiger partial charge < -0.3 is 52.6 Å². The van der Waals surface area contributed by atoms with E-state index in [4.69, 9.17) is 42.6 Å². The minimum absolute atomic E-state index is 0.00636. The summed E-state index contributed by atoms with van der Waals surface area (Å²) in [5.41, 5.74) is 0.923. The fourth-order valence-electron chi connectivity index (χ4n) is 11.7. The van der Waals surface area contributed by atoms with Crippen molar-refractivity contribution in [1.29, 1.82) is 0 Å². The van der Waals surface area contributed by atoms with Crippen LogP contribution in [0.25, 0.3) is 0 Å². The van der Waals surface area contributed by atoms with E-state index < -0.39 is 79.3 Å².